The van der Waals surface area contributed by atoms with Crippen LogP contribution in [0.1, 0.15) is 17.3 Å². The van der Waals surface area contributed by atoms with Crippen LogP contribution in [0.15, 0.2) is 32.9 Å². The van der Waals surface area contributed by atoms with Gasteiger partial charge in [0.25, 0.3) is 11.6 Å². The van der Waals surface area contributed by atoms with Gasteiger partial charge < -0.3 is 0 Å². The Labute approximate surface area is 186 Å². The SMILES string of the molecule is CCSc1nnc(NC(=O)CSc2nnc(NC(=O)c3ccc([N+](=O)[O-])cc3)s2)s1. The molecule has 2 amide bonds. The highest BCUT2D eigenvalue weighted by molar-refractivity contribution is 8.01. The molecule has 2 aromatic heterocycles. The Morgan fingerprint density at radius 2 is 1.60 bits per heavy atom. The Morgan fingerprint density at radius 3 is 2.20 bits per heavy atom. The number of thioether (sulfide) groups is 2. The number of anilines is 2. The minimum atomic E-state index is -0.541. The maximum Gasteiger partial charge on any atom is 0.269 e. The van der Waals surface area contributed by atoms with Gasteiger partial charge in [-0.3, -0.25) is 30.3 Å². The Balaban J connectivity index is 1.48. The number of hydrogen-bond donors (Lipinski definition) is 2. The van der Waals surface area contributed by atoms with Crippen molar-refractivity contribution < 1.29 is 14.5 Å². The first-order valence-corrected chi connectivity index (χ1v) is 11.8. The number of nitrogens with one attached hydrogen (secondary N) is 2. The summed E-state index contributed by atoms with van der Waals surface area (Å²) < 4.78 is 1.29. The number of nitro benzene ring substituents is 1. The summed E-state index contributed by atoms with van der Waals surface area (Å²) in [5, 5.41) is 32.3. The van der Waals surface area contributed by atoms with Crippen molar-refractivity contribution in [3.8, 4) is 0 Å². The van der Waals surface area contributed by atoms with Gasteiger partial charge in [-0.15, -0.1) is 20.4 Å². The number of non-ortho nitro benzene ring substituents is 1. The Bertz CT molecular complexity index is 1050. The molecule has 0 unspecified atom stereocenters. The molecule has 0 spiro atoms. The fourth-order valence-corrected chi connectivity index (χ4v) is 5.16. The van der Waals surface area contributed by atoms with Crippen LogP contribution in [0.4, 0.5) is 16.0 Å². The van der Waals surface area contributed by atoms with Crippen molar-refractivity contribution in [1.29, 1.82) is 0 Å². The molecule has 0 saturated carbocycles. The van der Waals surface area contributed by atoms with Gasteiger partial charge in [-0.2, -0.15) is 0 Å². The number of carbonyl (C=O) groups is 2. The first-order chi connectivity index (χ1) is 14.4. The lowest BCUT2D eigenvalue weighted by Gasteiger charge is -2.00. The number of nitro groups is 1. The summed E-state index contributed by atoms with van der Waals surface area (Å²) in [5.41, 5.74) is 0.148. The number of benzene rings is 1. The summed E-state index contributed by atoms with van der Waals surface area (Å²) in [4.78, 5) is 34.4. The van der Waals surface area contributed by atoms with Gasteiger partial charge in [0.15, 0.2) is 8.68 Å². The van der Waals surface area contributed by atoms with Gasteiger partial charge in [0.1, 0.15) is 0 Å². The van der Waals surface area contributed by atoms with Crippen LogP contribution in [0.25, 0.3) is 0 Å². The monoisotopic (exact) mass is 483 g/mol. The van der Waals surface area contributed by atoms with E-state index in [1.165, 1.54) is 47.4 Å². The first kappa shape index (κ1) is 22.1. The molecule has 11 nitrogen and oxygen atoms in total. The maximum absolute atomic E-state index is 12.2. The van der Waals surface area contributed by atoms with E-state index in [0.29, 0.717) is 9.47 Å². The highest BCUT2D eigenvalue weighted by atomic mass is 32.2. The van der Waals surface area contributed by atoms with Crippen LogP contribution < -0.4 is 10.6 Å². The average molecular weight is 484 g/mol. The van der Waals surface area contributed by atoms with Crippen molar-refractivity contribution >= 4 is 74.0 Å². The van der Waals surface area contributed by atoms with Gasteiger partial charge in [-0.1, -0.05) is 53.1 Å². The summed E-state index contributed by atoms with van der Waals surface area (Å²) in [6, 6.07) is 5.20. The minimum absolute atomic E-state index is 0.0980. The third kappa shape index (κ3) is 6.19. The Hall–Kier alpha value is -2.62. The van der Waals surface area contributed by atoms with Crippen LogP contribution in [0, 0.1) is 10.1 Å². The van der Waals surface area contributed by atoms with E-state index >= 15 is 0 Å². The van der Waals surface area contributed by atoms with E-state index in [-0.39, 0.29) is 28.0 Å². The molecule has 1 aromatic carbocycles. The zero-order valence-electron chi connectivity index (χ0n) is 15.2. The van der Waals surface area contributed by atoms with E-state index in [1.807, 2.05) is 6.92 Å². The maximum atomic E-state index is 12.2. The van der Waals surface area contributed by atoms with Crippen molar-refractivity contribution in [3.63, 3.8) is 0 Å². The van der Waals surface area contributed by atoms with Crippen LogP contribution in [-0.4, -0.2) is 48.6 Å². The van der Waals surface area contributed by atoms with E-state index in [4.69, 9.17) is 0 Å². The Morgan fingerprint density at radius 1 is 1.00 bits per heavy atom. The molecule has 0 aliphatic carbocycles. The molecule has 2 N–H and O–H groups in total. The number of nitrogens with zero attached hydrogens (tertiary/aromatic N) is 5. The number of aromatic nitrogens is 4. The molecule has 0 bridgehead atoms. The lowest BCUT2D eigenvalue weighted by molar-refractivity contribution is -0.384. The van der Waals surface area contributed by atoms with Crippen molar-refractivity contribution in [2.24, 2.45) is 0 Å². The van der Waals surface area contributed by atoms with Crippen molar-refractivity contribution in [2.45, 2.75) is 15.6 Å². The van der Waals surface area contributed by atoms with Crippen LogP contribution in [-0.2, 0) is 4.79 Å². The standard InChI is InChI=1S/C15H13N7O4S4/c1-2-27-14-20-18-12(29-14)16-10(23)7-28-15-21-19-13(30-15)17-11(24)8-3-5-9(6-4-8)22(25)26/h3-6H,2,7H2,1H3,(H,16,18,23)(H,17,19,24). The summed E-state index contributed by atoms with van der Waals surface area (Å²) in [6.45, 7) is 2.01. The first-order valence-electron chi connectivity index (χ1n) is 8.23. The van der Waals surface area contributed by atoms with Gasteiger partial charge in [-0.05, 0) is 17.9 Å². The lowest BCUT2D eigenvalue weighted by Crippen LogP contribution is -2.13. The molecule has 3 rings (SSSR count). The van der Waals surface area contributed by atoms with E-state index < -0.39 is 10.8 Å². The molecule has 0 aliphatic heterocycles. The molecular formula is C15H13N7O4S4. The summed E-state index contributed by atoms with van der Waals surface area (Å²) in [6.07, 6.45) is 0. The molecule has 0 saturated heterocycles. The van der Waals surface area contributed by atoms with Crippen LogP contribution in [0.3, 0.4) is 0 Å². The molecule has 30 heavy (non-hydrogen) atoms. The molecule has 3 aromatic rings. The summed E-state index contributed by atoms with van der Waals surface area (Å²) in [7, 11) is 0. The van der Waals surface area contributed by atoms with E-state index in [1.54, 1.807) is 11.8 Å². The van der Waals surface area contributed by atoms with Crippen molar-refractivity contribution in [3.05, 3.63) is 39.9 Å². The van der Waals surface area contributed by atoms with Gasteiger partial charge in [-0.25, -0.2) is 0 Å². The molecule has 0 atom stereocenters. The molecule has 156 valence electrons. The highest BCUT2D eigenvalue weighted by Gasteiger charge is 2.14. The number of amides is 2. The van der Waals surface area contributed by atoms with Crippen LogP contribution >= 0.6 is 46.2 Å². The van der Waals surface area contributed by atoms with Crippen molar-refractivity contribution in [1.82, 2.24) is 20.4 Å². The molecular weight excluding hydrogens is 470 g/mol. The van der Waals surface area contributed by atoms with Gasteiger partial charge in [0.05, 0.1) is 10.7 Å². The van der Waals surface area contributed by atoms with E-state index in [0.717, 1.165) is 21.4 Å². The van der Waals surface area contributed by atoms with Gasteiger partial charge in [0, 0.05) is 17.7 Å². The number of hydrogen-bond acceptors (Lipinski definition) is 12. The topological polar surface area (TPSA) is 153 Å². The molecule has 2 heterocycles. The second-order valence-corrected chi connectivity index (χ2v) is 9.96. The van der Waals surface area contributed by atoms with E-state index in [2.05, 4.69) is 31.0 Å². The zero-order chi connectivity index (χ0) is 21.5. The fraction of sp³-hybridized carbons (Fsp3) is 0.200. The molecule has 0 aliphatic rings. The van der Waals surface area contributed by atoms with Gasteiger partial charge >= 0.3 is 0 Å². The summed E-state index contributed by atoms with van der Waals surface area (Å²) >= 11 is 5.14. The number of rotatable bonds is 9. The van der Waals surface area contributed by atoms with Crippen LogP contribution in [0.2, 0.25) is 0 Å². The van der Waals surface area contributed by atoms with E-state index in [9.17, 15) is 19.7 Å². The average Bonchev–Trinajstić information content (AvgIpc) is 3.36. The quantitative estimate of drug-likeness (QED) is 0.200. The molecule has 15 heteroatoms. The minimum Gasteiger partial charge on any atom is -0.300 e. The Kier molecular flexibility index (Phi) is 7.67. The van der Waals surface area contributed by atoms with Crippen LogP contribution in [0.5, 0.6) is 0 Å². The normalized spacial score (nSPS) is 10.6. The third-order valence-corrected chi connectivity index (χ3v) is 7.04. The second kappa shape index (κ2) is 10.4. The molecule has 0 radical (unpaired) electrons. The van der Waals surface area contributed by atoms with Gasteiger partial charge in [0.2, 0.25) is 16.2 Å². The highest BCUT2D eigenvalue weighted by Crippen LogP contribution is 2.27. The summed E-state index contributed by atoms with van der Waals surface area (Å²) in [5.74, 6) is 0.252. The number of carbonyl (C=O) groups excluding carboxylic acids is 2. The second-order valence-electron chi connectivity index (χ2n) is 5.27. The largest absolute Gasteiger partial charge is 0.300 e. The molecule has 0 fully saturated rings. The van der Waals surface area contributed by atoms with Crippen molar-refractivity contribution in [2.75, 3.05) is 22.1 Å². The fourth-order valence-electron chi connectivity index (χ4n) is 1.95. The predicted molar refractivity (Wildman–Crippen MR) is 117 cm³/mol. The smallest absolute Gasteiger partial charge is 0.269 e. The third-order valence-electron chi connectivity index (χ3n) is 3.21. The zero-order valence-corrected chi connectivity index (χ0v) is 18.5. The predicted octanol–water partition coefficient (Wildman–Crippen LogP) is 3.39. The lowest BCUT2D eigenvalue weighted by atomic mass is 10.2.